The lowest BCUT2D eigenvalue weighted by atomic mass is 9.90. The number of nitrogens with two attached hydrogens (primary N) is 1. The lowest BCUT2D eigenvalue weighted by Gasteiger charge is -2.36. The second kappa shape index (κ2) is 8.23. The van der Waals surface area contributed by atoms with Crippen LogP contribution in [0.5, 0.6) is 0 Å². The van der Waals surface area contributed by atoms with Crippen LogP contribution in [0.15, 0.2) is 24.3 Å². The Labute approximate surface area is 147 Å². The molecule has 138 valence electrons. The van der Waals surface area contributed by atoms with Gasteiger partial charge in [0.1, 0.15) is 5.82 Å². The van der Waals surface area contributed by atoms with Crippen LogP contribution >= 0.6 is 0 Å². The Balaban J connectivity index is 1.70. The SMILES string of the molecule is NC1(C(=O)NCC(c2cccc(F)c2)N2CCOCC2)CCOCC1. The van der Waals surface area contributed by atoms with Gasteiger partial charge in [-0.1, -0.05) is 12.1 Å². The van der Waals surface area contributed by atoms with Gasteiger partial charge < -0.3 is 20.5 Å². The number of carbonyl (C=O) groups is 1. The number of carbonyl (C=O) groups excluding carboxylic acids is 1. The fraction of sp³-hybridized carbons (Fsp3) is 0.611. The molecule has 0 spiro atoms. The molecular formula is C18H26FN3O3. The molecule has 2 fully saturated rings. The van der Waals surface area contributed by atoms with Crippen LogP contribution in [-0.4, -0.2) is 62.4 Å². The van der Waals surface area contributed by atoms with Crippen molar-refractivity contribution in [3.8, 4) is 0 Å². The number of ether oxygens (including phenoxy) is 2. The average molecular weight is 351 g/mol. The molecule has 0 aromatic heterocycles. The molecule has 3 rings (SSSR count). The summed E-state index contributed by atoms with van der Waals surface area (Å²) in [4.78, 5) is 14.8. The van der Waals surface area contributed by atoms with Gasteiger partial charge in [0.2, 0.25) is 5.91 Å². The summed E-state index contributed by atoms with van der Waals surface area (Å²) in [5.41, 5.74) is 6.21. The first-order chi connectivity index (χ1) is 12.1. The van der Waals surface area contributed by atoms with Gasteiger partial charge in [-0.25, -0.2) is 4.39 Å². The molecule has 2 aliphatic heterocycles. The second-order valence-electron chi connectivity index (χ2n) is 6.70. The predicted molar refractivity (Wildman–Crippen MR) is 91.5 cm³/mol. The van der Waals surface area contributed by atoms with Crippen LogP contribution in [0.2, 0.25) is 0 Å². The highest BCUT2D eigenvalue weighted by atomic mass is 19.1. The van der Waals surface area contributed by atoms with Crippen LogP contribution in [0.3, 0.4) is 0 Å². The summed E-state index contributed by atoms with van der Waals surface area (Å²) < 4.78 is 24.4. The largest absolute Gasteiger partial charge is 0.381 e. The Morgan fingerprint density at radius 1 is 1.24 bits per heavy atom. The van der Waals surface area contributed by atoms with Crippen molar-refractivity contribution in [3.05, 3.63) is 35.6 Å². The van der Waals surface area contributed by atoms with Crippen LogP contribution in [0, 0.1) is 5.82 Å². The third-order valence-electron chi connectivity index (χ3n) is 5.01. The van der Waals surface area contributed by atoms with E-state index in [1.807, 2.05) is 6.07 Å². The molecular weight excluding hydrogens is 325 g/mol. The fourth-order valence-corrected chi connectivity index (χ4v) is 3.39. The van der Waals surface area contributed by atoms with E-state index in [0.29, 0.717) is 45.8 Å². The van der Waals surface area contributed by atoms with Crippen molar-refractivity contribution in [2.24, 2.45) is 5.73 Å². The summed E-state index contributed by atoms with van der Waals surface area (Å²) in [6.45, 7) is 4.16. The fourth-order valence-electron chi connectivity index (χ4n) is 3.39. The van der Waals surface area contributed by atoms with E-state index in [-0.39, 0.29) is 17.8 Å². The maximum atomic E-state index is 13.7. The van der Waals surface area contributed by atoms with Gasteiger partial charge in [0.25, 0.3) is 0 Å². The summed E-state index contributed by atoms with van der Waals surface area (Å²) in [6, 6.07) is 6.44. The van der Waals surface area contributed by atoms with E-state index < -0.39 is 5.54 Å². The number of nitrogens with zero attached hydrogens (tertiary/aromatic N) is 1. The molecule has 3 N–H and O–H groups in total. The van der Waals surface area contributed by atoms with Crippen molar-refractivity contribution >= 4 is 5.91 Å². The molecule has 0 aliphatic carbocycles. The first-order valence-electron chi connectivity index (χ1n) is 8.81. The molecule has 1 amide bonds. The van der Waals surface area contributed by atoms with Crippen molar-refractivity contribution in [2.45, 2.75) is 24.4 Å². The molecule has 6 nitrogen and oxygen atoms in total. The van der Waals surface area contributed by atoms with Crippen molar-refractivity contribution in [2.75, 3.05) is 46.1 Å². The predicted octanol–water partition coefficient (Wildman–Crippen LogP) is 0.823. The minimum Gasteiger partial charge on any atom is -0.381 e. The number of rotatable bonds is 5. The Bertz CT molecular complexity index is 587. The number of benzene rings is 1. The Morgan fingerprint density at radius 3 is 2.60 bits per heavy atom. The summed E-state index contributed by atoms with van der Waals surface area (Å²) >= 11 is 0. The standard InChI is InChI=1S/C18H26FN3O3/c19-15-3-1-2-14(12-15)16(22-6-10-25-11-7-22)13-21-17(23)18(20)4-8-24-9-5-18/h1-3,12,16H,4-11,13,20H2,(H,21,23). The maximum absolute atomic E-state index is 13.7. The van der Waals surface area contributed by atoms with Crippen LogP contribution in [0.25, 0.3) is 0 Å². The highest BCUT2D eigenvalue weighted by Gasteiger charge is 2.36. The zero-order chi connectivity index (χ0) is 17.7. The highest BCUT2D eigenvalue weighted by Crippen LogP contribution is 2.23. The van der Waals surface area contributed by atoms with Gasteiger partial charge in [-0.3, -0.25) is 9.69 Å². The molecule has 1 aromatic carbocycles. The summed E-state index contributed by atoms with van der Waals surface area (Å²) in [5, 5.41) is 2.98. The maximum Gasteiger partial charge on any atom is 0.240 e. The molecule has 0 saturated carbocycles. The van der Waals surface area contributed by atoms with Crippen LogP contribution in [0.4, 0.5) is 4.39 Å². The van der Waals surface area contributed by atoms with E-state index in [0.717, 1.165) is 18.7 Å². The van der Waals surface area contributed by atoms with Gasteiger partial charge in [0, 0.05) is 32.8 Å². The van der Waals surface area contributed by atoms with E-state index in [9.17, 15) is 9.18 Å². The van der Waals surface area contributed by atoms with Gasteiger partial charge in [-0.15, -0.1) is 0 Å². The first kappa shape index (κ1) is 18.3. The number of hydrogen-bond acceptors (Lipinski definition) is 5. The molecule has 2 aliphatic rings. The van der Waals surface area contributed by atoms with E-state index in [1.165, 1.54) is 12.1 Å². The van der Waals surface area contributed by atoms with Crippen molar-refractivity contribution in [3.63, 3.8) is 0 Å². The summed E-state index contributed by atoms with van der Waals surface area (Å²) in [6.07, 6.45) is 1.03. The normalized spacial score (nSPS) is 22.3. The molecule has 7 heteroatoms. The third-order valence-corrected chi connectivity index (χ3v) is 5.01. The molecule has 2 saturated heterocycles. The van der Waals surface area contributed by atoms with Gasteiger partial charge in [-0.05, 0) is 30.5 Å². The van der Waals surface area contributed by atoms with Crippen LogP contribution < -0.4 is 11.1 Å². The molecule has 2 heterocycles. The van der Waals surface area contributed by atoms with E-state index >= 15 is 0 Å². The van der Waals surface area contributed by atoms with E-state index in [2.05, 4.69) is 10.2 Å². The summed E-state index contributed by atoms with van der Waals surface area (Å²) in [5.74, 6) is -0.438. The quantitative estimate of drug-likeness (QED) is 0.821. The lowest BCUT2D eigenvalue weighted by molar-refractivity contribution is -0.130. The number of amides is 1. The molecule has 25 heavy (non-hydrogen) atoms. The van der Waals surface area contributed by atoms with Gasteiger partial charge >= 0.3 is 0 Å². The smallest absolute Gasteiger partial charge is 0.240 e. The van der Waals surface area contributed by atoms with E-state index in [1.54, 1.807) is 6.07 Å². The van der Waals surface area contributed by atoms with Gasteiger partial charge in [-0.2, -0.15) is 0 Å². The number of nitrogens with one attached hydrogen (secondary N) is 1. The van der Waals surface area contributed by atoms with Gasteiger partial charge in [0.15, 0.2) is 0 Å². The Hall–Kier alpha value is -1.54. The molecule has 1 unspecified atom stereocenters. The minimum atomic E-state index is -0.879. The monoisotopic (exact) mass is 351 g/mol. The molecule has 1 aromatic rings. The van der Waals surface area contributed by atoms with Crippen molar-refractivity contribution in [1.82, 2.24) is 10.2 Å². The van der Waals surface area contributed by atoms with Gasteiger partial charge in [0.05, 0.1) is 24.8 Å². The second-order valence-corrected chi connectivity index (χ2v) is 6.70. The number of hydrogen-bond donors (Lipinski definition) is 2. The van der Waals surface area contributed by atoms with Crippen molar-refractivity contribution in [1.29, 1.82) is 0 Å². The average Bonchev–Trinajstić information content (AvgIpc) is 2.63. The van der Waals surface area contributed by atoms with Crippen LogP contribution in [0.1, 0.15) is 24.4 Å². The number of halogens is 1. The zero-order valence-corrected chi connectivity index (χ0v) is 14.4. The highest BCUT2D eigenvalue weighted by molar-refractivity contribution is 5.86. The van der Waals surface area contributed by atoms with Crippen molar-refractivity contribution < 1.29 is 18.7 Å². The molecule has 1 atom stereocenters. The molecule has 0 bridgehead atoms. The third kappa shape index (κ3) is 4.55. The molecule has 0 radical (unpaired) electrons. The Morgan fingerprint density at radius 2 is 1.92 bits per heavy atom. The first-order valence-corrected chi connectivity index (χ1v) is 8.81. The lowest BCUT2D eigenvalue weighted by Crippen LogP contribution is -2.58. The topological polar surface area (TPSA) is 76.8 Å². The Kier molecular flexibility index (Phi) is 6.01. The van der Waals surface area contributed by atoms with Crippen LogP contribution in [-0.2, 0) is 14.3 Å². The summed E-state index contributed by atoms with van der Waals surface area (Å²) in [7, 11) is 0. The number of morpholine rings is 1. The zero-order valence-electron chi connectivity index (χ0n) is 14.4. The minimum absolute atomic E-state index is 0.105. The van der Waals surface area contributed by atoms with E-state index in [4.69, 9.17) is 15.2 Å².